The number of anilines is 3. The largest absolute Gasteiger partial charge is 0.310 e. The molecule has 0 unspecified atom stereocenters. The summed E-state index contributed by atoms with van der Waals surface area (Å²) in [6.07, 6.45) is 10.9. The van der Waals surface area contributed by atoms with Gasteiger partial charge < -0.3 is 14.0 Å². The maximum absolute atomic E-state index is 4.55. The molecule has 15 rings (SSSR count). The normalized spacial score (nSPS) is 20.9. The second kappa shape index (κ2) is 12.6. The van der Waals surface area contributed by atoms with E-state index in [-0.39, 0.29) is 5.41 Å². The fourth-order valence-electron chi connectivity index (χ4n) is 13.6. The highest BCUT2D eigenvalue weighted by molar-refractivity contribution is 6.12. The molecule has 0 saturated heterocycles. The summed E-state index contributed by atoms with van der Waals surface area (Å²) in [7, 11) is 0. The minimum Gasteiger partial charge on any atom is -0.310 e. The van der Waals surface area contributed by atoms with Gasteiger partial charge in [-0.3, -0.25) is 4.98 Å². The third kappa shape index (κ3) is 4.57. The zero-order chi connectivity index (χ0) is 39.8. The van der Waals surface area contributed by atoms with E-state index < -0.39 is 0 Å². The van der Waals surface area contributed by atoms with Crippen LogP contribution in [0.15, 0.2) is 182 Å². The summed E-state index contributed by atoms with van der Waals surface area (Å²) in [4.78, 5) is 7.14. The van der Waals surface area contributed by atoms with E-state index in [2.05, 4.69) is 189 Å². The van der Waals surface area contributed by atoms with Crippen LogP contribution >= 0.6 is 0 Å². The van der Waals surface area contributed by atoms with Crippen molar-refractivity contribution < 1.29 is 0 Å². The monoisotopic (exact) mass is 784 g/mol. The summed E-state index contributed by atoms with van der Waals surface area (Å²) in [5.74, 6) is 3.26. The van der Waals surface area contributed by atoms with Crippen LogP contribution in [0.1, 0.15) is 43.2 Å². The molecule has 10 aromatic rings. The number of pyridine rings is 1. The summed E-state index contributed by atoms with van der Waals surface area (Å²) >= 11 is 0. The molecular formula is C57H44N4. The van der Waals surface area contributed by atoms with Crippen molar-refractivity contribution >= 4 is 60.7 Å². The van der Waals surface area contributed by atoms with Crippen molar-refractivity contribution in [3.05, 3.63) is 193 Å². The van der Waals surface area contributed by atoms with Crippen LogP contribution in [0.25, 0.3) is 66.1 Å². The van der Waals surface area contributed by atoms with Crippen molar-refractivity contribution in [2.75, 3.05) is 4.90 Å². The Hall–Kier alpha value is -6.91. The van der Waals surface area contributed by atoms with Crippen LogP contribution in [-0.4, -0.2) is 14.1 Å². The van der Waals surface area contributed by atoms with Crippen molar-refractivity contribution in [3.63, 3.8) is 0 Å². The van der Waals surface area contributed by atoms with E-state index in [4.69, 9.17) is 0 Å². The molecular weight excluding hydrogens is 741 g/mol. The predicted molar refractivity (Wildman–Crippen MR) is 251 cm³/mol. The molecule has 0 atom stereocenters. The summed E-state index contributed by atoms with van der Waals surface area (Å²) in [5, 5.41) is 4.97. The fourth-order valence-corrected chi connectivity index (χ4v) is 13.6. The summed E-state index contributed by atoms with van der Waals surface area (Å²) in [5.41, 5.74) is 16.5. The lowest BCUT2D eigenvalue weighted by Gasteiger charge is -2.64. The number of fused-ring (bicyclic) bond motifs is 8. The molecule has 292 valence electrons. The Bertz CT molecular complexity index is 3290. The number of benzene rings is 7. The molecule has 4 fully saturated rings. The Morgan fingerprint density at radius 1 is 0.426 bits per heavy atom. The second-order valence-electron chi connectivity index (χ2n) is 18.4. The molecule has 4 heterocycles. The average molecular weight is 785 g/mol. The second-order valence-corrected chi connectivity index (χ2v) is 18.4. The molecule has 1 aliphatic heterocycles. The van der Waals surface area contributed by atoms with Gasteiger partial charge in [-0.15, -0.1) is 0 Å². The lowest BCUT2D eigenvalue weighted by molar-refractivity contribution is -0.0419. The Morgan fingerprint density at radius 2 is 1.02 bits per heavy atom. The van der Waals surface area contributed by atoms with Gasteiger partial charge in [-0.2, -0.15) is 0 Å². The van der Waals surface area contributed by atoms with E-state index in [1.165, 1.54) is 104 Å². The number of hydrogen-bond acceptors (Lipinski definition) is 2. The molecule has 61 heavy (non-hydrogen) atoms. The SMILES string of the molecule is c1cc(-c2ccccc2-n2c3ccccc3c3cc(N4c5ccccc5C5(c6ccccc64)C4CC6CC(C4)CC5C6)ccc32)cc(-n2c3ccccc3c3ccncc32)c1. The first-order valence-corrected chi connectivity index (χ1v) is 22.3. The predicted octanol–water partition coefficient (Wildman–Crippen LogP) is 14.5. The van der Waals surface area contributed by atoms with E-state index in [9.17, 15) is 0 Å². The third-order valence-electron chi connectivity index (χ3n) is 15.6. The highest BCUT2D eigenvalue weighted by Crippen LogP contribution is 2.69. The molecule has 7 aromatic carbocycles. The average Bonchev–Trinajstić information content (AvgIpc) is 3.83. The minimum absolute atomic E-state index is 0.0939. The lowest BCUT2D eigenvalue weighted by Crippen LogP contribution is -2.57. The molecule has 4 aliphatic carbocycles. The highest BCUT2D eigenvalue weighted by Gasteiger charge is 2.61. The van der Waals surface area contributed by atoms with Gasteiger partial charge in [0.1, 0.15) is 0 Å². The van der Waals surface area contributed by atoms with Crippen LogP contribution in [0, 0.1) is 23.7 Å². The van der Waals surface area contributed by atoms with Gasteiger partial charge in [0.25, 0.3) is 0 Å². The van der Waals surface area contributed by atoms with Crippen molar-refractivity contribution in [3.8, 4) is 22.5 Å². The number of aromatic nitrogens is 3. The maximum Gasteiger partial charge on any atom is 0.0724 e. The fraction of sp³-hybridized carbons (Fsp3) is 0.175. The molecule has 4 heteroatoms. The molecule has 0 N–H and O–H groups in total. The quantitative estimate of drug-likeness (QED) is 0.178. The Morgan fingerprint density at radius 3 is 1.75 bits per heavy atom. The number of hydrogen-bond donors (Lipinski definition) is 0. The first-order valence-electron chi connectivity index (χ1n) is 22.3. The van der Waals surface area contributed by atoms with E-state index >= 15 is 0 Å². The summed E-state index contributed by atoms with van der Waals surface area (Å²) < 4.78 is 4.84. The van der Waals surface area contributed by atoms with Gasteiger partial charge >= 0.3 is 0 Å². The molecule has 4 nitrogen and oxygen atoms in total. The highest BCUT2D eigenvalue weighted by atomic mass is 15.2. The molecule has 0 amide bonds. The Kier molecular flexibility index (Phi) is 6.97. The van der Waals surface area contributed by atoms with Gasteiger partial charge in [0.15, 0.2) is 0 Å². The van der Waals surface area contributed by atoms with Crippen LogP contribution in [-0.2, 0) is 5.41 Å². The Balaban J connectivity index is 0.937. The van der Waals surface area contributed by atoms with E-state index in [1.54, 1.807) is 11.1 Å². The van der Waals surface area contributed by atoms with Gasteiger partial charge in [-0.1, -0.05) is 103 Å². The third-order valence-corrected chi connectivity index (χ3v) is 15.6. The van der Waals surface area contributed by atoms with E-state index in [1.807, 2.05) is 12.4 Å². The van der Waals surface area contributed by atoms with Crippen LogP contribution < -0.4 is 4.90 Å². The van der Waals surface area contributed by atoms with Crippen molar-refractivity contribution in [1.82, 2.24) is 14.1 Å². The van der Waals surface area contributed by atoms with Crippen molar-refractivity contribution in [2.24, 2.45) is 23.7 Å². The van der Waals surface area contributed by atoms with Gasteiger partial charge in [0, 0.05) is 50.1 Å². The smallest absolute Gasteiger partial charge is 0.0724 e. The van der Waals surface area contributed by atoms with E-state index in [0.717, 1.165) is 23.0 Å². The topological polar surface area (TPSA) is 26.0 Å². The summed E-state index contributed by atoms with van der Waals surface area (Å²) in [6.45, 7) is 0. The molecule has 5 aliphatic rings. The summed E-state index contributed by atoms with van der Waals surface area (Å²) in [6, 6.07) is 63.8. The zero-order valence-electron chi connectivity index (χ0n) is 34.0. The van der Waals surface area contributed by atoms with Gasteiger partial charge in [-0.25, -0.2) is 0 Å². The molecule has 4 saturated carbocycles. The maximum atomic E-state index is 4.55. The minimum atomic E-state index is 0.0939. The number of nitrogens with zero attached hydrogens (tertiary/aromatic N) is 4. The van der Waals surface area contributed by atoms with Crippen LogP contribution in [0.3, 0.4) is 0 Å². The molecule has 3 aromatic heterocycles. The van der Waals surface area contributed by atoms with Crippen molar-refractivity contribution in [1.29, 1.82) is 0 Å². The molecule has 1 spiro atoms. The Labute approximate surface area is 355 Å². The van der Waals surface area contributed by atoms with E-state index in [0.29, 0.717) is 11.8 Å². The molecule has 4 bridgehead atoms. The molecule has 0 radical (unpaired) electrons. The standard InChI is InChI=1S/C57H44N4/c1-6-19-50(43(14-1)38-12-11-13-41(33-38)59-51-20-7-2-15-44(51)46-26-27-58-35-56(46)59)61-52-21-8-3-16-45(52)47-34-42(24-25-53(47)61)60-54-22-9-4-17-48(54)57(49-18-5-10-23-55(49)60)39-29-36-28-37(31-39)32-40(57)30-36/h1-27,33-37,39-40H,28-32H2. The van der Waals surface area contributed by atoms with Crippen LogP contribution in [0.2, 0.25) is 0 Å². The van der Waals surface area contributed by atoms with Gasteiger partial charge in [-0.05, 0) is 139 Å². The first-order chi connectivity index (χ1) is 30.2. The number of para-hydroxylation sites is 5. The van der Waals surface area contributed by atoms with Crippen molar-refractivity contribution in [2.45, 2.75) is 37.5 Å². The number of rotatable bonds is 4. The lowest BCUT2D eigenvalue weighted by atomic mass is 9.41. The van der Waals surface area contributed by atoms with Crippen LogP contribution in [0.4, 0.5) is 17.1 Å². The van der Waals surface area contributed by atoms with Gasteiger partial charge in [0.05, 0.1) is 45.3 Å². The first kappa shape index (κ1) is 33.9. The van der Waals surface area contributed by atoms with Crippen LogP contribution in [0.5, 0.6) is 0 Å². The zero-order valence-corrected chi connectivity index (χ0v) is 34.0. The van der Waals surface area contributed by atoms with Gasteiger partial charge in [0.2, 0.25) is 0 Å².